The van der Waals surface area contributed by atoms with Crippen molar-refractivity contribution in [1.82, 2.24) is 0 Å². The van der Waals surface area contributed by atoms with Crippen LogP contribution in [0.4, 0.5) is 16.2 Å². The van der Waals surface area contributed by atoms with E-state index in [9.17, 15) is 14.4 Å². The van der Waals surface area contributed by atoms with E-state index in [1.807, 2.05) is 24.3 Å². The number of amides is 2. The molecule has 0 unspecified atom stereocenters. The molecule has 3 aromatic carbocycles. The summed E-state index contributed by atoms with van der Waals surface area (Å²) in [6, 6.07) is 20.5. The highest BCUT2D eigenvalue weighted by atomic mass is 16.7. The molecule has 2 amide bonds. The smallest absolute Gasteiger partial charge is 0.496 e. The molecule has 0 aliphatic carbocycles. The lowest BCUT2D eigenvalue weighted by Crippen LogP contribution is -2.14. The molecule has 0 saturated heterocycles. The van der Waals surface area contributed by atoms with Gasteiger partial charge in [0.05, 0.1) is 13.7 Å². The Labute approximate surface area is 197 Å². The summed E-state index contributed by atoms with van der Waals surface area (Å²) in [7, 11) is 1.60. The normalized spacial score (nSPS) is 10.2. The lowest BCUT2D eigenvalue weighted by atomic mass is 10.1. The van der Waals surface area contributed by atoms with Crippen molar-refractivity contribution in [2.24, 2.45) is 0 Å². The van der Waals surface area contributed by atoms with E-state index in [0.29, 0.717) is 23.4 Å². The molecule has 34 heavy (non-hydrogen) atoms. The number of para-hydroxylation sites is 1. The van der Waals surface area contributed by atoms with E-state index in [1.165, 1.54) is 24.3 Å². The summed E-state index contributed by atoms with van der Waals surface area (Å²) >= 11 is 0. The van der Waals surface area contributed by atoms with E-state index >= 15 is 0 Å². The summed E-state index contributed by atoms with van der Waals surface area (Å²) in [4.78, 5) is 36.3. The van der Waals surface area contributed by atoms with Gasteiger partial charge in [-0.3, -0.25) is 9.59 Å². The van der Waals surface area contributed by atoms with Crippen molar-refractivity contribution < 1.29 is 28.6 Å². The van der Waals surface area contributed by atoms with Gasteiger partial charge in [-0.1, -0.05) is 24.3 Å². The van der Waals surface area contributed by atoms with Crippen LogP contribution in [0.15, 0.2) is 72.8 Å². The number of carbonyl (C=O) groups is 3. The van der Waals surface area contributed by atoms with Gasteiger partial charge in [0.25, 0.3) is 5.91 Å². The number of aryl methyl sites for hydroxylation is 1. The van der Waals surface area contributed by atoms with Crippen LogP contribution < -0.4 is 20.1 Å². The van der Waals surface area contributed by atoms with Gasteiger partial charge in [-0.2, -0.15) is 0 Å². The number of methoxy groups -OCH3 is 1. The van der Waals surface area contributed by atoms with Crippen LogP contribution in [0.2, 0.25) is 0 Å². The van der Waals surface area contributed by atoms with Gasteiger partial charge in [-0.15, -0.1) is 0 Å². The van der Waals surface area contributed by atoms with Gasteiger partial charge in [0, 0.05) is 23.4 Å². The number of rotatable bonds is 9. The van der Waals surface area contributed by atoms with E-state index in [2.05, 4.69) is 10.6 Å². The lowest BCUT2D eigenvalue weighted by Gasteiger charge is -2.10. The Morgan fingerprint density at radius 1 is 0.853 bits per heavy atom. The van der Waals surface area contributed by atoms with Crippen LogP contribution in [0.1, 0.15) is 29.3 Å². The average Bonchev–Trinajstić information content (AvgIpc) is 2.83. The Balaban J connectivity index is 1.55. The predicted molar refractivity (Wildman–Crippen MR) is 128 cm³/mol. The molecule has 0 spiro atoms. The minimum absolute atomic E-state index is 0.147. The average molecular weight is 463 g/mol. The van der Waals surface area contributed by atoms with E-state index < -0.39 is 6.16 Å². The molecule has 0 aliphatic rings. The molecule has 2 N–H and O–H groups in total. The molecule has 3 aromatic rings. The molecule has 0 atom stereocenters. The number of ether oxygens (including phenoxy) is 3. The number of anilines is 2. The number of hydrogen-bond acceptors (Lipinski definition) is 6. The summed E-state index contributed by atoms with van der Waals surface area (Å²) < 4.78 is 15.0. The van der Waals surface area contributed by atoms with E-state index in [4.69, 9.17) is 14.2 Å². The van der Waals surface area contributed by atoms with Gasteiger partial charge < -0.3 is 24.8 Å². The molecule has 8 heteroatoms. The zero-order chi connectivity index (χ0) is 24.3. The van der Waals surface area contributed by atoms with Gasteiger partial charge in [0.2, 0.25) is 5.91 Å². The molecule has 3 rings (SSSR count). The fraction of sp³-hybridized carbons (Fsp3) is 0.192. The van der Waals surface area contributed by atoms with Gasteiger partial charge in [0.15, 0.2) is 0 Å². The molecule has 0 bridgehead atoms. The van der Waals surface area contributed by atoms with Crippen molar-refractivity contribution in [3.63, 3.8) is 0 Å². The highest BCUT2D eigenvalue weighted by Gasteiger charge is 2.10. The maximum absolute atomic E-state index is 12.6. The Hall–Kier alpha value is -4.33. The minimum Gasteiger partial charge on any atom is -0.496 e. The van der Waals surface area contributed by atoms with Gasteiger partial charge in [-0.25, -0.2) is 4.79 Å². The quantitative estimate of drug-likeness (QED) is 0.341. The zero-order valence-electron chi connectivity index (χ0n) is 19.0. The second-order valence-electron chi connectivity index (χ2n) is 7.20. The van der Waals surface area contributed by atoms with Crippen LogP contribution in [0.3, 0.4) is 0 Å². The van der Waals surface area contributed by atoms with Crippen LogP contribution in [0, 0.1) is 0 Å². The Morgan fingerprint density at radius 3 is 2.26 bits per heavy atom. The largest absolute Gasteiger partial charge is 0.513 e. The van der Waals surface area contributed by atoms with Crippen LogP contribution in [0.25, 0.3) is 0 Å². The number of benzene rings is 3. The van der Waals surface area contributed by atoms with Crippen molar-refractivity contribution in [3.8, 4) is 11.5 Å². The van der Waals surface area contributed by atoms with Crippen LogP contribution >= 0.6 is 0 Å². The first kappa shape index (κ1) is 24.3. The zero-order valence-corrected chi connectivity index (χ0v) is 19.0. The first-order chi connectivity index (χ1) is 16.5. The van der Waals surface area contributed by atoms with Crippen molar-refractivity contribution in [3.05, 3.63) is 83.9 Å². The highest BCUT2D eigenvalue weighted by molar-refractivity contribution is 6.04. The molecule has 0 aliphatic heterocycles. The molecule has 176 valence electrons. The molecule has 8 nitrogen and oxygen atoms in total. The van der Waals surface area contributed by atoms with Crippen LogP contribution in [-0.4, -0.2) is 31.7 Å². The number of carbonyl (C=O) groups excluding carboxylic acids is 3. The lowest BCUT2D eigenvalue weighted by molar-refractivity contribution is -0.116. The first-order valence-corrected chi connectivity index (χ1v) is 10.8. The van der Waals surface area contributed by atoms with Crippen molar-refractivity contribution in [2.75, 3.05) is 24.4 Å². The Kier molecular flexibility index (Phi) is 8.62. The minimum atomic E-state index is -0.804. The topological polar surface area (TPSA) is 103 Å². The molecular weight excluding hydrogens is 436 g/mol. The highest BCUT2D eigenvalue weighted by Crippen LogP contribution is 2.21. The Bertz CT molecular complexity index is 1140. The maximum atomic E-state index is 12.6. The summed E-state index contributed by atoms with van der Waals surface area (Å²) in [5.41, 5.74) is 2.43. The summed E-state index contributed by atoms with van der Waals surface area (Å²) in [5, 5.41) is 5.63. The van der Waals surface area contributed by atoms with Crippen molar-refractivity contribution in [1.29, 1.82) is 0 Å². The van der Waals surface area contributed by atoms with E-state index in [-0.39, 0.29) is 30.6 Å². The Morgan fingerprint density at radius 2 is 1.56 bits per heavy atom. The summed E-state index contributed by atoms with van der Waals surface area (Å²) in [5.74, 6) is 0.530. The maximum Gasteiger partial charge on any atom is 0.513 e. The number of nitrogens with one attached hydrogen (secondary N) is 2. The second-order valence-corrected chi connectivity index (χ2v) is 7.20. The van der Waals surface area contributed by atoms with Gasteiger partial charge in [0.1, 0.15) is 11.5 Å². The van der Waals surface area contributed by atoms with E-state index in [1.54, 1.807) is 38.3 Å². The van der Waals surface area contributed by atoms with Crippen LogP contribution in [0.5, 0.6) is 11.5 Å². The molecule has 0 aromatic heterocycles. The number of hydrogen-bond donors (Lipinski definition) is 2. The van der Waals surface area contributed by atoms with Gasteiger partial charge in [-0.05, 0) is 67.4 Å². The fourth-order valence-electron chi connectivity index (χ4n) is 3.18. The second kappa shape index (κ2) is 12.1. The molecule has 0 saturated carbocycles. The third-order valence-electron chi connectivity index (χ3n) is 4.80. The summed E-state index contributed by atoms with van der Waals surface area (Å²) in [6.07, 6.45) is 0.0285. The van der Waals surface area contributed by atoms with Crippen LogP contribution in [-0.2, 0) is 16.0 Å². The standard InChI is InChI=1S/C26H26N2O6/c1-3-33-26(31)34-22-14-11-19(12-15-22)25(30)28-21-9-6-8-20(17-21)27-24(29)16-13-18-7-4-5-10-23(18)32-2/h4-12,14-15,17H,3,13,16H2,1-2H3,(H,27,29)(H,28,30). The fourth-order valence-corrected chi connectivity index (χ4v) is 3.18. The SMILES string of the molecule is CCOC(=O)Oc1ccc(C(=O)Nc2cccc(NC(=O)CCc3ccccc3OC)c2)cc1. The monoisotopic (exact) mass is 462 g/mol. The first-order valence-electron chi connectivity index (χ1n) is 10.8. The van der Waals surface area contributed by atoms with E-state index in [0.717, 1.165) is 11.3 Å². The van der Waals surface area contributed by atoms with Crippen molar-refractivity contribution in [2.45, 2.75) is 19.8 Å². The summed E-state index contributed by atoms with van der Waals surface area (Å²) in [6.45, 7) is 1.89. The molecule has 0 heterocycles. The molecule has 0 radical (unpaired) electrons. The third kappa shape index (κ3) is 7.09. The van der Waals surface area contributed by atoms with Gasteiger partial charge >= 0.3 is 6.16 Å². The molecular formula is C26H26N2O6. The van der Waals surface area contributed by atoms with Crippen molar-refractivity contribution >= 4 is 29.3 Å². The predicted octanol–water partition coefficient (Wildman–Crippen LogP) is 5.05. The third-order valence-corrected chi connectivity index (χ3v) is 4.80. The molecule has 0 fully saturated rings.